The lowest BCUT2D eigenvalue weighted by Gasteiger charge is -2.00. The minimum absolute atomic E-state index is 0.241. The molecule has 3 aromatic rings. The van der Waals surface area contributed by atoms with E-state index in [2.05, 4.69) is 16.2 Å². The van der Waals surface area contributed by atoms with Gasteiger partial charge in [0.15, 0.2) is 0 Å². The number of aromatic hydroxyl groups is 1. The molecule has 1 aliphatic carbocycles. The van der Waals surface area contributed by atoms with Crippen molar-refractivity contribution in [3.63, 3.8) is 0 Å². The summed E-state index contributed by atoms with van der Waals surface area (Å²) < 4.78 is 11.0. The summed E-state index contributed by atoms with van der Waals surface area (Å²) in [4.78, 5) is 4.59. The Hall–Kier alpha value is -2.82. The van der Waals surface area contributed by atoms with Crippen LogP contribution in [0.25, 0.3) is 11.4 Å². The molecule has 2 aromatic carbocycles. The van der Waals surface area contributed by atoms with Crippen molar-refractivity contribution in [2.45, 2.75) is 24.7 Å². The van der Waals surface area contributed by atoms with Crippen molar-refractivity contribution in [1.82, 2.24) is 10.1 Å². The number of phenols is 1. The van der Waals surface area contributed by atoms with Gasteiger partial charge in [-0.3, -0.25) is 0 Å². The molecule has 1 aliphatic heterocycles. The van der Waals surface area contributed by atoms with Gasteiger partial charge in [-0.1, -0.05) is 17.3 Å². The van der Waals surface area contributed by atoms with Crippen LogP contribution in [0, 0.1) is 0 Å². The fourth-order valence-corrected chi connectivity index (χ4v) is 3.42. The summed E-state index contributed by atoms with van der Waals surface area (Å²) in [5, 5.41) is 13.8. The first kappa shape index (κ1) is 13.6. The number of aromatic nitrogens is 2. The molecule has 2 atom stereocenters. The molecular formula is C19H16N2O3. The quantitative estimate of drug-likeness (QED) is 0.798. The minimum Gasteiger partial charge on any atom is -0.508 e. The van der Waals surface area contributed by atoms with Crippen molar-refractivity contribution in [1.29, 1.82) is 0 Å². The molecule has 5 heteroatoms. The number of ether oxygens (including phenoxy) is 1. The fraction of sp³-hybridized carbons (Fsp3) is 0.263. The zero-order chi connectivity index (χ0) is 16.1. The second-order valence-electron chi connectivity index (χ2n) is 6.42. The lowest BCUT2D eigenvalue weighted by molar-refractivity contribution is 0.357. The van der Waals surface area contributed by atoms with Gasteiger partial charge in [0.1, 0.15) is 11.5 Å². The zero-order valence-corrected chi connectivity index (χ0v) is 13.0. The molecule has 120 valence electrons. The van der Waals surface area contributed by atoms with Crippen LogP contribution < -0.4 is 4.74 Å². The zero-order valence-electron chi connectivity index (χ0n) is 13.0. The van der Waals surface area contributed by atoms with Crippen molar-refractivity contribution in [2.24, 2.45) is 0 Å². The van der Waals surface area contributed by atoms with Gasteiger partial charge < -0.3 is 14.4 Å². The predicted octanol–water partition coefficient (Wildman–Crippen LogP) is 3.65. The van der Waals surface area contributed by atoms with Crippen molar-refractivity contribution in [3.8, 4) is 22.9 Å². The normalized spacial score (nSPS) is 21.3. The number of rotatable bonds is 3. The Balaban J connectivity index is 1.39. The Morgan fingerprint density at radius 2 is 2.04 bits per heavy atom. The lowest BCUT2D eigenvalue weighted by atomic mass is 10.1. The predicted molar refractivity (Wildman–Crippen MR) is 87.1 cm³/mol. The summed E-state index contributed by atoms with van der Waals surface area (Å²) in [6.07, 6.45) is 1.90. The third-order valence-corrected chi connectivity index (χ3v) is 4.80. The molecule has 0 unspecified atom stereocenters. The molecule has 2 heterocycles. The Morgan fingerprint density at radius 3 is 2.96 bits per heavy atom. The van der Waals surface area contributed by atoms with E-state index in [1.54, 1.807) is 6.07 Å². The van der Waals surface area contributed by atoms with E-state index in [1.165, 1.54) is 5.56 Å². The molecule has 1 saturated carbocycles. The van der Waals surface area contributed by atoms with Crippen LogP contribution >= 0.6 is 0 Å². The number of fused-ring (bicyclic) bond motifs is 1. The van der Waals surface area contributed by atoms with Gasteiger partial charge >= 0.3 is 0 Å². The highest BCUT2D eigenvalue weighted by Gasteiger charge is 2.43. The number of phenolic OH excluding ortho intramolecular Hbond substituents is 1. The summed E-state index contributed by atoms with van der Waals surface area (Å²) in [6, 6.07) is 13.4. The lowest BCUT2D eigenvalue weighted by Crippen LogP contribution is -1.86. The first-order valence-electron chi connectivity index (χ1n) is 8.16. The van der Waals surface area contributed by atoms with Gasteiger partial charge in [0.05, 0.1) is 6.61 Å². The Bertz CT molecular complexity index is 918. The van der Waals surface area contributed by atoms with E-state index in [4.69, 9.17) is 9.26 Å². The van der Waals surface area contributed by atoms with Crippen molar-refractivity contribution in [3.05, 3.63) is 59.5 Å². The molecule has 0 saturated heterocycles. The highest BCUT2D eigenvalue weighted by molar-refractivity contribution is 5.59. The van der Waals surface area contributed by atoms with Gasteiger partial charge in [-0.25, -0.2) is 0 Å². The number of hydrogen-bond donors (Lipinski definition) is 1. The van der Waals surface area contributed by atoms with Crippen molar-refractivity contribution >= 4 is 0 Å². The molecule has 2 aliphatic rings. The molecule has 0 radical (unpaired) electrons. The molecule has 1 N–H and O–H groups in total. The summed E-state index contributed by atoms with van der Waals surface area (Å²) in [6.45, 7) is 0.740. The molecule has 5 rings (SSSR count). The van der Waals surface area contributed by atoms with E-state index in [9.17, 15) is 5.11 Å². The van der Waals surface area contributed by atoms with E-state index in [0.29, 0.717) is 23.4 Å². The van der Waals surface area contributed by atoms with Crippen LogP contribution in [0.5, 0.6) is 11.5 Å². The average Bonchev–Trinajstić information content (AvgIpc) is 3.03. The third kappa shape index (κ3) is 2.24. The largest absolute Gasteiger partial charge is 0.508 e. The highest BCUT2D eigenvalue weighted by atomic mass is 16.5. The number of benzene rings is 2. The van der Waals surface area contributed by atoms with Crippen LogP contribution in [0.2, 0.25) is 0 Å². The van der Waals surface area contributed by atoms with E-state index < -0.39 is 0 Å². The average molecular weight is 320 g/mol. The van der Waals surface area contributed by atoms with E-state index in [1.807, 2.05) is 30.3 Å². The SMILES string of the molecule is Oc1cccc([C@@H]2C[C@H]2c2nc(-c3ccc4c(c3)CCO4)no2)c1. The Labute approximate surface area is 138 Å². The van der Waals surface area contributed by atoms with Crippen LogP contribution in [0.4, 0.5) is 0 Å². The maximum atomic E-state index is 9.61. The van der Waals surface area contributed by atoms with E-state index >= 15 is 0 Å². The summed E-state index contributed by atoms with van der Waals surface area (Å²) >= 11 is 0. The van der Waals surface area contributed by atoms with Gasteiger partial charge in [-0.15, -0.1) is 0 Å². The molecule has 1 aromatic heterocycles. The first-order chi connectivity index (χ1) is 11.8. The summed E-state index contributed by atoms with van der Waals surface area (Å²) in [5.74, 6) is 3.14. The third-order valence-electron chi connectivity index (χ3n) is 4.80. The first-order valence-corrected chi connectivity index (χ1v) is 8.16. The molecule has 0 spiro atoms. The highest BCUT2D eigenvalue weighted by Crippen LogP contribution is 2.54. The van der Waals surface area contributed by atoms with Crippen molar-refractivity contribution < 1.29 is 14.4 Å². The number of nitrogens with zero attached hydrogens (tertiary/aromatic N) is 2. The Morgan fingerprint density at radius 1 is 1.08 bits per heavy atom. The van der Waals surface area contributed by atoms with E-state index in [0.717, 1.165) is 36.3 Å². The topological polar surface area (TPSA) is 68.4 Å². The standard InChI is InChI=1S/C19H16N2O3/c22-14-3-1-2-11(9-14)15-10-16(15)19-20-18(21-24-19)13-4-5-17-12(8-13)6-7-23-17/h1-5,8-9,15-16,22H,6-7,10H2/t15-,16+/m0/s1. The van der Waals surface area contributed by atoms with Crippen LogP contribution in [0.1, 0.15) is 35.3 Å². The number of hydrogen-bond acceptors (Lipinski definition) is 5. The minimum atomic E-state index is 0.241. The van der Waals surface area contributed by atoms with Crippen molar-refractivity contribution in [2.75, 3.05) is 6.61 Å². The molecule has 1 fully saturated rings. The molecule has 24 heavy (non-hydrogen) atoms. The van der Waals surface area contributed by atoms with Crippen LogP contribution in [0.15, 0.2) is 47.0 Å². The Kier molecular flexibility index (Phi) is 2.89. The maximum Gasteiger partial charge on any atom is 0.230 e. The monoisotopic (exact) mass is 320 g/mol. The van der Waals surface area contributed by atoms with Crippen LogP contribution in [-0.4, -0.2) is 21.9 Å². The second kappa shape index (κ2) is 5.09. The van der Waals surface area contributed by atoms with Gasteiger partial charge in [0.25, 0.3) is 0 Å². The fourth-order valence-electron chi connectivity index (χ4n) is 3.42. The summed E-state index contributed by atoms with van der Waals surface area (Å²) in [7, 11) is 0. The van der Waals surface area contributed by atoms with E-state index in [-0.39, 0.29) is 5.92 Å². The van der Waals surface area contributed by atoms with Gasteiger partial charge in [0.2, 0.25) is 11.7 Å². The summed E-state index contributed by atoms with van der Waals surface area (Å²) in [5.41, 5.74) is 3.28. The van der Waals surface area contributed by atoms with Gasteiger partial charge in [0, 0.05) is 17.9 Å². The van der Waals surface area contributed by atoms with Crippen LogP contribution in [0.3, 0.4) is 0 Å². The van der Waals surface area contributed by atoms with Crippen LogP contribution in [-0.2, 0) is 6.42 Å². The smallest absolute Gasteiger partial charge is 0.230 e. The second-order valence-corrected chi connectivity index (χ2v) is 6.42. The van der Waals surface area contributed by atoms with Gasteiger partial charge in [-0.05, 0) is 53.8 Å². The molecular weight excluding hydrogens is 304 g/mol. The van der Waals surface area contributed by atoms with Gasteiger partial charge in [-0.2, -0.15) is 4.98 Å². The molecule has 0 amide bonds. The maximum absolute atomic E-state index is 9.61. The molecule has 0 bridgehead atoms. The molecule has 5 nitrogen and oxygen atoms in total.